The number of hydrogen-bond donors (Lipinski definition) is 1. The molecule has 2 aromatic rings. The van der Waals surface area contributed by atoms with Crippen molar-refractivity contribution in [3.05, 3.63) is 44.9 Å². The average molecular weight is 431 g/mol. The van der Waals surface area contributed by atoms with Gasteiger partial charge < -0.3 is 5.32 Å². The molecule has 0 radical (unpaired) electrons. The molecular formula is C15H15ClN4O5S2. The van der Waals surface area contributed by atoms with E-state index in [4.69, 9.17) is 11.6 Å². The van der Waals surface area contributed by atoms with Gasteiger partial charge in [-0.05, 0) is 18.9 Å². The smallest absolute Gasteiger partial charge is 0.270 e. The van der Waals surface area contributed by atoms with E-state index >= 15 is 0 Å². The van der Waals surface area contributed by atoms with E-state index in [-0.39, 0.29) is 40.5 Å². The number of benzene rings is 1. The Kier molecular flexibility index (Phi) is 5.75. The van der Waals surface area contributed by atoms with Crippen LogP contribution in [-0.4, -0.2) is 41.6 Å². The summed E-state index contributed by atoms with van der Waals surface area (Å²) in [5.41, 5.74) is -0.351. The highest BCUT2D eigenvalue weighted by Gasteiger charge is 2.34. The molecule has 0 bridgehead atoms. The van der Waals surface area contributed by atoms with Crippen molar-refractivity contribution in [2.75, 3.05) is 18.4 Å². The lowest BCUT2D eigenvalue weighted by Crippen LogP contribution is -2.41. The van der Waals surface area contributed by atoms with Crippen LogP contribution in [0, 0.1) is 16.0 Å². The Labute approximate surface area is 164 Å². The molecule has 0 aliphatic carbocycles. The van der Waals surface area contributed by atoms with Gasteiger partial charge in [0.1, 0.15) is 4.90 Å². The first-order chi connectivity index (χ1) is 12.8. The third kappa shape index (κ3) is 4.26. The minimum Gasteiger partial charge on any atom is -0.302 e. The van der Waals surface area contributed by atoms with Crippen molar-refractivity contribution in [3.63, 3.8) is 0 Å². The zero-order valence-corrected chi connectivity index (χ0v) is 16.3. The van der Waals surface area contributed by atoms with Crippen LogP contribution in [0.2, 0.25) is 5.02 Å². The number of nitro benzene ring substituents is 1. The van der Waals surface area contributed by atoms with Crippen LogP contribution < -0.4 is 5.32 Å². The normalized spacial score (nSPS) is 16.2. The predicted molar refractivity (Wildman–Crippen MR) is 100 cm³/mol. The number of sulfonamides is 1. The summed E-state index contributed by atoms with van der Waals surface area (Å²) in [4.78, 5) is 26.2. The number of nitrogens with zero attached hydrogens (tertiary/aromatic N) is 3. The monoisotopic (exact) mass is 430 g/mol. The third-order valence-corrected chi connectivity index (χ3v) is 7.30. The van der Waals surface area contributed by atoms with Crippen molar-refractivity contribution in [1.29, 1.82) is 0 Å². The van der Waals surface area contributed by atoms with E-state index in [1.165, 1.54) is 21.7 Å². The largest absolute Gasteiger partial charge is 0.302 e. The van der Waals surface area contributed by atoms with Crippen molar-refractivity contribution in [3.8, 4) is 0 Å². The molecule has 1 aromatic heterocycles. The lowest BCUT2D eigenvalue weighted by atomic mass is 9.97. The highest BCUT2D eigenvalue weighted by atomic mass is 35.5. The molecular weight excluding hydrogens is 416 g/mol. The topological polar surface area (TPSA) is 123 Å². The fraction of sp³-hybridized carbons (Fsp3) is 0.333. The fourth-order valence-electron chi connectivity index (χ4n) is 2.79. The van der Waals surface area contributed by atoms with Crippen LogP contribution in [-0.2, 0) is 14.8 Å². The second-order valence-corrected chi connectivity index (χ2v) is 9.08. The number of rotatable bonds is 5. The molecule has 1 fully saturated rings. The maximum atomic E-state index is 12.8. The molecule has 1 aliphatic rings. The molecule has 1 saturated heterocycles. The average Bonchev–Trinajstić information content (AvgIpc) is 3.14. The number of amides is 1. The number of aromatic nitrogens is 1. The number of nitrogens with one attached hydrogen (secondary N) is 1. The first kappa shape index (κ1) is 19.7. The highest BCUT2D eigenvalue weighted by molar-refractivity contribution is 7.89. The Bertz CT molecular complexity index is 957. The van der Waals surface area contributed by atoms with Gasteiger partial charge in [-0.25, -0.2) is 13.4 Å². The maximum Gasteiger partial charge on any atom is 0.270 e. The van der Waals surface area contributed by atoms with E-state index in [0.717, 1.165) is 12.1 Å². The van der Waals surface area contributed by atoms with Gasteiger partial charge in [0.15, 0.2) is 5.13 Å². The van der Waals surface area contributed by atoms with Crippen LogP contribution in [0.15, 0.2) is 34.7 Å². The fourth-order valence-corrected chi connectivity index (χ4v) is 5.29. The van der Waals surface area contributed by atoms with Crippen molar-refractivity contribution < 1.29 is 18.1 Å². The van der Waals surface area contributed by atoms with Gasteiger partial charge in [0, 0.05) is 42.7 Å². The van der Waals surface area contributed by atoms with Crippen LogP contribution in [0.3, 0.4) is 0 Å². The summed E-state index contributed by atoms with van der Waals surface area (Å²) in [5, 5.41) is 15.8. The Morgan fingerprint density at radius 3 is 2.67 bits per heavy atom. The summed E-state index contributed by atoms with van der Waals surface area (Å²) < 4.78 is 26.9. The van der Waals surface area contributed by atoms with E-state index in [2.05, 4.69) is 10.3 Å². The number of halogens is 1. The van der Waals surface area contributed by atoms with Crippen molar-refractivity contribution >= 4 is 49.7 Å². The zero-order chi connectivity index (χ0) is 19.6. The van der Waals surface area contributed by atoms with Gasteiger partial charge in [-0.2, -0.15) is 4.31 Å². The van der Waals surface area contributed by atoms with E-state index in [1.54, 1.807) is 11.6 Å². The molecule has 27 heavy (non-hydrogen) atoms. The first-order valence-corrected chi connectivity index (χ1v) is 10.6. The van der Waals surface area contributed by atoms with Gasteiger partial charge in [0.25, 0.3) is 5.69 Å². The second kappa shape index (κ2) is 7.89. The number of carbonyl (C=O) groups is 1. The number of hydrogen-bond acceptors (Lipinski definition) is 7. The van der Waals surface area contributed by atoms with Crippen LogP contribution in [0.4, 0.5) is 10.8 Å². The summed E-state index contributed by atoms with van der Waals surface area (Å²) in [6, 6.07) is 3.30. The van der Waals surface area contributed by atoms with Gasteiger partial charge in [0.05, 0.1) is 9.95 Å². The van der Waals surface area contributed by atoms with E-state index < -0.39 is 14.9 Å². The van der Waals surface area contributed by atoms with Crippen LogP contribution in [0.1, 0.15) is 12.8 Å². The van der Waals surface area contributed by atoms with Crippen LogP contribution in [0.25, 0.3) is 0 Å². The molecule has 0 unspecified atom stereocenters. The standard InChI is InChI=1S/C15H15ClN4O5S2/c16-12-2-1-11(20(22)23)9-13(12)27(24,25)19-6-3-10(4-7-19)14(21)18-15-17-5-8-26-15/h1-2,5,8-10H,3-4,6-7H2,(H,17,18,21). The molecule has 1 N–H and O–H groups in total. The third-order valence-electron chi connectivity index (χ3n) is 4.23. The molecule has 12 heteroatoms. The number of non-ortho nitro benzene ring substituents is 1. The SMILES string of the molecule is O=C(Nc1nccs1)C1CCN(S(=O)(=O)c2cc([N+](=O)[O-])ccc2Cl)CC1. The van der Waals surface area contributed by atoms with Crippen LogP contribution >= 0.6 is 22.9 Å². The molecule has 3 rings (SSSR count). The molecule has 1 amide bonds. The number of anilines is 1. The minimum absolute atomic E-state index is 0.0794. The predicted octanol–water partition coefficient (Wildman–Crippen LogP) is 2.74. The minimum atomic E-state index is -3.99. The van der Waals surface area contributed by atoms with E-state index in [1.807, 2.05) is 0 Å². The summed E-state index contributed by atoms with van der Waals surface area (Å²) in [6.45, 7) is 0.245. The molecule has 144 valence electrons. The lowest BCUT2D eigenvalue weighted by molar-refractivity contribution is -0.385. The molecule has 0 saturated carbocycles. The summed E-state index contributed by atoms with van der Waals surface area (Å²) in [6.07, 6.45) is 2.25. The van der Waals surface area contributed by atoms with Gasteiger partial charge in [0.2, 0.25) is 15.9 Å². The molecule has 0 atom stereocenters. The molecule has 1 aliphatic heterocycles. The Morgan fingerprint density at radius 2 is 2.07 bits per heavy atom. The quantitative estimate of drug-likeness (QED) is 0.574. The lowest BCUT2D eigenvalue weighted by Gasteiger charge is -2.30. The zero-order valence-electron chi connectivity index (χ0n) is 13.9. The Hall–Kier alpha value is -2.08. The number of nitro groups is 1. The van der Waals surface area contributed by atoms with Gasteiger partial charge in [-0.1, -0.05) is 11.6 Å². The van der Waals surface area contributed by atoms with Crippen molar-refractivity contribution in [2.24, 2.45) is 5.92 Å². The molecule has 9 nitrogen and oxygen atoms in total. The van der Waals surface area contributed by atoms with Crippen molar-refractivity contribution in [2.45, 2.75) is 17.7 Å². The van der Waals surface area contributed by atoms with E-state index in [9.17, 15) is 23.3 Å². The molecule has 1 aromatic carbocycles. The molecule has 0 spiro atoms. The second-order valence-electron chi connectivity index (χ2n) is 5.88. The number of piperidine rings is 1. The molecule has 2 heterocycles. The Balaban J connectivity index is 1.70. The highest BCUT2D eigenvalue weighted by Crippen LogP contribution is 2.31. The first-order valence-electron chi connectivity index (χ1n) is 7.93. The van der Waals surface area contributed by atoms with Gasteiger partial charge >= 0.3 is 0 Å². The number of thiazole rings is 1. The summed E-state index contributed by atoms with van der Waals surface area (Å²) in [5.74, 6) is -0.531. The van der Waals surface area contributed by atoms with E-state index in [0.29, 0.717) is 18.0 Å². The van der Waals surface area contributed by atoms with Gasteiger partial charge in [-0.3, -0.25) is 14.9 Å². The number of carbonyl (C=O) groups excluding carboxylic acids is 1. The summed E-state index contributed by atoms with van der Waals surface area (Å²) in [7, 11) is -3.99. The van der Waals surface area contributed by atoms with Crippen LogP contribution in [0.5, 0.6) is 0 Å². The Morgan fingerprint density at radius 1 is 1.37 bits per heavy atom. The van der Waals surface area contributed by atoms with Gasteiger partial charge in [-0.15, -0.1) is 11.3 Å². The van der Waals surface area contributed by atoms with Crippen molar-refractivity contribution in [1.82, 2.24) is 9.29 Å². The maximum absolute atomic E-state index is 12.8. The summed E-state index contributed by atoms with van der Waals surface area (Å²) >= 11 is 7.27.